The van der Waals surface area contributed by atoms with Crippen molar-refractivity contribution in [3.8, 4) is 16.9 Å². The lowest BCUT2D eigenvalue weighted by molar-refractivity contribution is 0.100. The molecule has 0 bridgehead atoms. The first-order valence-electron chi connectivity index (χ1n) is 9.81. The Morgan fingerprint density at radius 2 is 1.73 bits per heavy atom. The van der Waals surface area contributed by atoms with Crippen LogP contribution in [-0.4, -0.2) is 32.7 Å². The molecule has 168 valence electrons. The van der Waals surface area contributed by atoms with E-state index in [1.165, 1.54) is 19.6 Å². The Balaban J connectivity index is 1.78. The molecule has 0 spiro atoms. The minimum Gasteiger partial charge on any atom is -0.495 e. The van der Waals surface area contributed by atoms with Crippen molar-refractivity contribution < 1.29 is 17.9 Å². The van der Waals surface area contributed by atoms with E-state index in [9.17, 15) is 13.2 Å². The van der Waals surface area contributed by atoms with E-state index in [1.54, 1.807) is 42.5 Å². The van der Waals surface area contributed by atoms with E-state index in [0.29, 0.717) is 33.0 Å². The highest BCUT2D eigenvalue weighted by Crippen LogP contribution is 2.34. The molecule has 0 fully saturated rings. The van der Waals surface area contributed by atoms with E-state index in [0.717, 1.165) is 11.1 Å². The van der Waals surface area contributed by atoms with E-state index in [4.69, 9.17) is 22.1 Å². The van der Waals surface area contributed by atoms with Gasteiger partial charge in [-0.05, 0) is 47.5 Å². The SMILES string of the molecule is COc1ccc(Nc2c(C(N)=O)cnc3cc(-c4ccc(S(C)(=O)=O)cc4)ccc23)cc1Cl. The Morgan fingerprint density at radius 1 is 1.03 bits per heavy atom. The highest BCUT2D eigenvalue weighted by atomic mass is 35.5. The predicted octanol–water partition coefficient (Wildman–Crippen LogP) is 4.81. The number of primary amides is 1. The Hall–Kier alpha value is -3.62. The minimum absolute atomic E-state index is 0.236. The molecule has 3 aromatic carbocycles. The van der Waals surface area contributed by atoms with Crippen molar-refractivity contribution in [2.24, 2.45) is 5.73 Å². The van der Waals surface area contributed by atoms with Gasteiger partial charge in [0.2, 0.25) is 0 Å². The number of hydrogen-bond acceptors (Lipinski definition) is 6. The number of pyridine rings is 1. The Morgan fingerprint density at radius 3 is 2.33 bits per heavy atom. The zero-order valence-corrected chi connectivity index (χ0v) is 19.4. The summed E-state index contributed by atoms with van der Waals surface area (Å²) in [6, 6.07) is 17.4. The normalized spacial score (nSPS) is 11.4. The van der Waals surface area contributed by atoms with Crippen molar-refractivity contribution in [2.45, 2.75) is 4.90 Å². The number of nitrogens with zero attached hydrogens (tertiary/aromatic N) is 1. The first-order chi connectivity index (χ1) is 15.7. The molecule has 9 heteroatoms. The largest absolute Gasteiger partial charge is 0.495 e. The van der Waals surface area contributed by atoms with Crippen molar-refractivity contribution in [3.05, 3.63) is 77.4 Å². The van der Waals surface area contributed by atoms with Crippen LogP contribution in [0.15, 0.2) is 71.8 Å². The molecule has 0 aliphatic rings. The number of rotatable bonds is 6. The van der Waals surface area contributed by atoms with Gasteiger partial charge in [0.25, 0.3) is 5.91 Å². The van der Waals surface area contributed by atoms with Crippen LogP contribution in [0.2, 0.25) is 5.02 Å². The van der Waals surface area contributed by atoms with Gasteiger partial charge in [0.15, 0.2) is 9.84 Å². The van der Waals surface area contributed by atoms with Gasteiger partial charge in [0, 0.05) is 23.5 Å². The number of carbonyl (C=O) groups is 1. The minimum atomic E-state index is -3.27. The zero-order valence-electron chi connectivity index (χ0n) is 17.8. The maximum absolute atomic E-state index is 12.1. The van der Waals surface area contributed by atoms with Gasteiger partial charge in [-0.25, -0.2) is 8.42 Å². The molecule has 0 atom stereocenters. The number of amides is 1. The fourth-order valence-electron chi connectivity index (χ4n) is 3.48. The molecule has 0 radical (unpaired) electrons. The van der Waals surface area contributed by atoms with Crippen molar-refractivity contribution in [1.29, 1.82) is 0 Å². The van der Waals surface area contributed by atoms with E-state index in [-0.39, 0.29) is 10.5 Å². The number of halogens is 1. The summed E-state index contributed by atoms with van der Waals surface area (Å²) >= 11 is 6.24. The second-order valence-corrected chi connectivity index (χ2v) is 9.84. The predicted molar refractivity (Wildman–Crippen MR) is 130 cm³/mol. The third-order valence-electron chi connectivity index (χ3n) is 5.17. The van der Waals surface area contributed by atoms with E-state index in [1.807, 2.05) is 18.2 Å². The van der Waals surface area contributed by atoms with Crippen LogP contribution in [0, 0.1) is 0 Å². The first-order valence-corrected chi connectivity index (χ1v) is 12.1. The number of hydrogen-bond donors (Lipinski definition) is 2. The number of carbonyl (C=O) groups excluding carboxylic acids is 1. The molecular weight excluding hydrogens is 462 g/mol. The Bertz CT molecular complexity index is 1490. The van der Waals surface area contributed by atoms with Crippen LogP contribution in [0.25, 0.3) is 22.0 Å². The molecule has 3 N–H and O–H groups in total. The summed E-state index contributed by atoms with van der Waals surface area (Å²) in [5.74, 6) is -0.0876. The fraction of sp³-hybridized carbons (Fsp3) is 0.0833. The molecule has 0 aliphatic heterocycles. The quantitative estimate of drug-likeness (QED) is 0.408. The number of fused-ring (bicyclic) bond motifs is 1. The summed E-state index contributed by atoms with van der Waals surface area (Å²) in [4.78, 5) is 16.7. The summed E-state index contributed by atoms with van der Waals surface area (Å²) in [6.07, 6.45) is 2.59. The fourth-order valence-corrected chi connectivity index (χ4v) is 4.37. The number of anilines is 2. The molecule has 0 saturated carbocycles. The van der Waals surface area contributed by atoms with Gasteiger partial charge in [-0.2, -0.15) is 0 Å². The number of benzene rings is 3. The molecule has 1 aromatic heterocycles. The van der Waals surface area contributed by atoms with Gasteiger partial charge < -0.3 is 15.8 Å². The monoisotopic (exact) mass is 481 g/mol. The number of aromatic nitrogens is 1. The molecule has 1 heterocycles. The van der Waals surface area contributed by atoms with E-state index < -0.39 is 15.7 Å². The summed E-state index contributed by atoms with van der Waals surface area (Å²) in [5, 5.41) is 4.33. The Labute approximate surface area is 196 Å². The van der Waals surface area contributed by atoms with Gasteiger partial charge in [0.1, 0.15) is 5.75 Å². The lowest BCUT2D eigenvalue weighted by Crippen LogP contribution is -2.14. The van der Waals surface area contributed by atoms with Gasteiger partial charge in [-0.1, -0.05) is 35.9 Å². The van der Waals surface area contributed by atoms with E-state index in [2.05, 4.69) is 10.3 Å². The summed E-state index contributed by atoms with van der Waals surface area (Å²) < 4.78 is 28.6. The van der Waals surface area contributed by atoms with Crippen molar-refractivity contribution in [3.63, 3.8) is 0 Å². The second-order valence-electron chi connectivity index (χ2n) is 7.41. The number of methoxy groups -OCH3 is 1. The molecule has 1 amide bonds. The van der Waals surface area contributed by atoms with Gasteiger partial charge in [-0.15, -0.1) is 0 Å². The van der Waals surface area contributed by atoms with Gasteiger partial charge in [-0.3, -0.25) is 9.78 Å². The van der Waals surface area contributed by atoms with Crippen molar-refractivity contribution in [2.75, 3.05) is 18.7 Å². The summed E-state index contributed by atoms with van der Waals surface area (Å²) in [7, 11) is -1.74. The summed E-state index contributed by atoms with van der Waals surface area (Å²) in [6.45, 7) is 0. The standard InChI is InChI=1S/C24H20ClN3O4S/c1-32-22-10-6-16(12-20(22)25)28-23-18-9-5-15(11-21(18)27-13-19(23)24(26)29)14-3-7-17(8-4-14)33(2,30)31/h3-13H,1-2H3,(H2,26,29)(H,27,28). The maximum Gasteiger partial charge on any atom is 0.252 e. The molecule has 0 aliphatic carbocycles. The van der Waals surface area contributed by atoms with Crippen LogP contribution in [-0.2, 0) is 9.84 Å². The number of sulfone groups is 1. The first kappa shape index (κ1) is 22.6. The molecule has 7 nitrogen and oxygen atoms in total. The zero-order chi connectivity index (χ0) is 23.8. The van der Waals surface area contributed by atoms with Crippen LogP contribution >= 0.6 is 11.6 Å². The smallest absolute Gasteiger partial charge is 0.252 e. The average molecular weight is 482 g/mol. The van der Waals surface area contributed by atoms with Gasteiger partial charge in [0.05, 0.1) is 33.8 Å². The lowest BCUT2D eigenvalue weighted by atomic mass is 10.0. The van der Waals surface area contributed by atoms with Crippen molar-refractivity contribution in [1.82, 2.24) is 4.98 Å². The summed E-state index contributed by atoms with van der Waals surface area (Å²) in [5.41, 5.74) is 9.30. The molecule has 0 saturated heterocycles. The van der Waals surface area contributed by atoms with Crippen LogP contribution in [0.3, 0.4) is 0 Å². The van der Waals surface area contributed by atoms with Gasteiger partial charge >= 0.3 is 0 Å². The highest BCUT2D eigenvalue weighted by molar-refractivity contribution is 7.90. The molecule has 4 rings (SSSR count). The van der Waals surface area contributed by atoms with Crippen LogP contribution in [0.1, 0.15) is 10.4 Å². The van der Waals surface area contributed by atoms with Crippen LogP contribution in [0.4, 0.5) is 11.4 Å². The molecular formula is C24H20ClN3O4S. The number of nitrogens with two attached hydrogens (primary N) is 1. The average Bonchev–Trinajstić information content (AvgIpc) is 2.78. The third-order valence-corrected chi connectivity index (χ3v) is 6.60. The van der Waals surface area contributed by atoms with Crippen LogP contribution < -0.4 is 15.8 Å². The second kappa shape index (κ2) is 8.73. The molecule has 4 aromatic rings. The third kappa shape index (κ3) is 4.62. The molecule has 33 heavy (non-hydrogen) atoms. The number of nitrogens with one attached hydrogen (secondary N) is 1. The van der Waals surface area contributed by atoms with Crippen LogP contribution in [0.5, 0.6) is 5.75 Å². The topological polar surface area (TPSA) is 111 Å². The van der Waals surface area contributed by atoms with E-state index >= 15 is 0 Å². The molecule has 0 unspecified atom stereocenters. The number of ether oxygens (including phenoxy) is 1. The lowest BCUT2D eigenvalue weighted by Gasteiger charge is -2.15. The van der Waals surface area contributed by atoms with Crippen molar-refractivity contribution >= 4 is 49.6 Å². The highest BCUT2D eigenvalue weighted by Gasteiger charge is 2.15. The maximum atomic E-state index is 12.1. The Kier molecular flexibility index (Phi) is 5.97.